The van der Waals surface area contributed by atoms with Crippen molar-refractivity contribution in [2.24, 2.45) is 0 Å². The van der Waals surface area contributed by atoms with E-state index < -0.39 is 0 Å². The van der Waals surface area contributed by atoms with Crippen LogP contribution >= 0.6 is 11.3 Å². The summed E-state index contributed by atoms with van der Waals surface area (Å²) in [4.78, 5) is 5.73. The zero-order chi connectivity index (χ0) is 14.4. The molecular weight excluding hydrogens is 268 g/mol. The molecule has 0 saturated heterocycles. The molecule has 0 aliphatic rings. The predicted molar refractivity (Wildman–Crippen MR) is 84.5 cm³/mol. The Hall–Kier alpha value is -1.39. The Bertz CT molecular complexity index is 537. The Morgan fingerprint density at radius 2 is 2.10 bits per heavy atom. The summed E-state index contributed by atoms with van der Waals surface area (Å²) < 4.78 is 5.80. The van der Waals surface area contributed by atoms with Crippen molar-refractivity contribution >= 4 is 11.3 Å². The lowest BCUT2D eigenvalue weighted by molar-refractivity contribution is 0.319. The summed E-state index contributed by atoms with van der Waals surface area (Å²) in [5.74, 6) is 0.964. The summed E-state index contributed by atoms with van der Waals surface area (Å²) in [6.45, 7) is 7.94. The summed E-state index contributed by atoms with van der Waals surface area (Å²) >= 11 is 1.76. The molecule has 108 valence electrons. The van der Waals surface area contributed by atoms with Gasteiger partial charge < -0.3 is 10.1 Å². The number of ether oxygens (including phenoxy) is 1. The molecule has 0 unspecified atom stereocenters. The van der Waals surface area contributed by atoms with Gasteiger partial charge >= 0.3 is 0 Å². The first-order valence-corrected chi connectivity index (χ1v) is 7.82. The maximum Gasteiger partial charge on any atom is 0.122 e. The van der Waals surface area contributed by atoms with Crippen molar-refractivity contribution < 1.29 is 4.74 Å². The van der Waals surface area contributed by atoms with Gasteiger partial charge in [-0.05, 0) is 18.6 Å². The number of hydrogen-bond donors (Lipinski definition) is 1. The third-order valence-corrected chi connectivity index (χ3v) is 4.01. The van der Waals surface area contributed by atoms with Gasteiger partial charge in [0.2, 0.25) is 0 Å². The number of aryl methyl sites for hydroxylation is 1. The smallest absolute Gasteiger partial charge is 0.122 e. The molecular formula is C16H22N2OS. The van der Waals surface area contributed by atoms with Crippen LogP contribution in [0.15, 0.2) is 30.5 Å². The van der Waals surface area contributed by atoms with Crippen LogP contribution in [0.5, 0.6) is 5.75 Å². The van der Waals surface area contributed by atoms with E-state index in [4.69, 9.17) is 4.74 Å². The van der Waals surface area contributed by atoms with Crippen molar-refractivity contribution in [1.29, 1.82) is 0 Å². The van der Waals surface area contributed by atoms with Gasteiger partial charge in [-0.25, -0.2) is 4.98 Å². The molecule has 0 bridgehead atoms. The predicted octanol–water partition coefficient (Wildman–Crippen LogP) is 3.57. The fraction of sp³-hybridized carbons (Fsp3) is 0.438. The van der Waals surface area contributed by atoms with Gasteiger partial charge in [0.05, 0.1) is 11.6 Å². The summed E-state index contributed by atoms with van der Waals surface area (Å²) in [6.07, 6.45) is 2.82. The van der Waals surface area contributed by atoms with Gasteiger partial charge in [0, 0.05) is 30.1 Å². The molecule has 0 radical (unpaired) electrons. The Kier molecular flexibility index (Phi) is 5.56. The minimum Gasteiger partial charge on any atom is -0.493 e. The lowest BCUT2D eigenvalue weighted by Gasteiger charge is -2.07. The average molecular weight is 290 g/mol. The molecule has 2 aromatic rings. The van der Waals surface area contributed by atoms with E-state index in [9.17, 15) is 0 Å². The van der Waals surface area contributed by atoms with Crippen molar-refractivity contribution in [3.05, 3.63) is 45.9 Å². The SMILES string of the molecule is Cc1ccccc1OCCc1ncc(CNC(C)C)s1. The minimum atomic E-state index is 0.505. The molecule has 0 saturated carbocycles. The third kappa shape index (κ3) is 4.62. The minimum absolute atomic E-state index is 0.505. The van der Waals surface area contributed by atoms with E-state index in [-0.39, 0.29) is 0 Å². The molecule has 1 heterocycles. The maximum absolute atomic E-state index is 5.80. The number of thiazole rings is 1. The van der Waals surface area contributed by atoms with Crippen molar-refractivity contribution in [3.8, 4) is 5.75 Å². The molecule has 0 spiro atoms. The van der Waals surface area contributed by atoms with E-state index in [1.165, 1.54) is 10.4 Å². The maximum atomic E-state index is 5.80. The monoisotopic (exact) mass is 290 g/mol. The molecule has 0 atom stereocenters. The Morgan fingerprint density at radius 1 is 1.30 bits per heavy atom. The largest absolute Gasteiger partial charge is 0.493 e. The molecule has 1 aromatic carbocycles. The van der Waals surface area contributed by atoms with Gasteiger partial charge in [-0.3, -0.25) is 0 Å². The second kappa shape index (κ2) is 7.41. The number of rotatable bonds is 7. The van der Waals surface area contributed by atoms with Crippen molar-refractivity contribution in [2.45, 2.75) is 39.8 Å². The molecule has 2 rings (SSSR count). The van der Waals surface area contributed by atoms with Crippen LogP contribution in [-0.4, -0.2) is 17.6 Å². The molecule has 0 aliphatic heterocycles. The number of benzene rings is 1. The zero-order valence-corrected chi connectivity index (χ0v) is 13.2. The standard InChI is InChI=1S/C16H22N2OS/c1-12(2)17-10-14-11-18-16(20-14)8-9-19-15-7-5-4-6-13(15)3/h4-7,11-12,17H,8-10H2,1-3H3. The normalized spacial score (nSPS) is 11.0. The summed E-state index contributed by atoms with van der Waals surface area (Å²) in [5.41, 5.74) is 1.17. The summed E-state index contributed by atoms with van der Waals surface area (Å²) in [5, 5.41) is 4.54. The van der Waals surface area contributed by atoms with E-state index in [1.807, 2.05) is 24.4 Å². The van der Waals surface area contributed by atoms with Crippen LogP contribution in [0.2, 0.25) is 0 Å². The van der Waals surface area contributed by atoms with E-state index in [0.717, 1.165) is 23.7 Å². The first-order chi connectivity index (χ1) is 9.65. The lowest BCUT2D eigenvalue weighted by atomic mass is 10.2. The fourth-order valence-electron chi connectivity index (χ4n) is 1.82. The Morgan fingerprint density at radius 3 is 2.85 bits per heavy atom. The van der Waals surface area contributed by atoms with E-state index >= 15 is 0 Å². The van der Waals surface area contributed by atoms with Gasteiger partial charge in [0.1, 0.15) is 5.75 Å². The topological polar surface area (TPSA) is 34.1 Å². The number of nitrogens with zero attached hydrogens (tertiary/aromatic N) is 1. The van der Waals surface area contributed by atoms with Crippen molar-refractivity contribution in [2.75, 3.05) is 6.61 Å². The fourth-order valence-corrected chi connectivity index (χ4v) is 2.67. The van der Waals surface area contributed by atoms with E-state index in [1.54, 1.807) is 11.3 Å². The average Bonchev–Trinajstić information content (AvgIpc) is 2.87. The summed E-state index contributed by atoms with van der Waals surface area (Å²) in [6, 6.07) is 8.60. The highest BCUT2D eigenvalue weighted by Gasteiger charge is 2.04. The molecule has 1 aromatic heterocycles. The van der Waals surface area contributed by atoms with Gasteiger partial charge in [-0.15, -0.1) is 11.3 Å². The van der Waals surface area contributed by atoms with E-state index in [0.29, 0.717) is 12.6 Å². The molecule has 0 fully saturated rings. The highest BCUT2D eigenvalue weighted by atomic mass is 32.1. The highest BCUT2D eigenvalue weighted by molar-refractivity contribution is 7.11. The molecule has 0 amide bonds. The number of para-hydroxylation sites is 1. The van der Waals surface area contributed by atoms with Crippen molar-refractivity contribution in [1.82, 2.24) is 10.3 Å². The zero-order valence-electron chi connectivity index (χ0n) is 12.3. The first-order valence-electron chi connectivity index (χ1n) is 7.00. The number of hydrogen-bond acceptors (Lipinski definition) is 4. The van der Waals surface area contributed by atoms with Crippen LogP contribution in [0, 0.1) is 6.92 Å². The van der Waals surface area contributed by atoms with Gasteiger partial charge in [-0.2, -0.15) is 0 Å². The number of nitrogens with one attached hydrogen (secondary N) is 1. The Balaban J connectivity index is 1.78. The quantitative estimate of drug-likeness (QED) is 0.846. The molecule has 0 aliphatic carbocycles. The molecule has 4 heteroatoms. The lowest BCUT2D eigenvalue weighted by Crippen LogP contribution is -2.21. The van der Waals surface area contributed by atoms with Crippen LogP contribution < -0.4 is 10.1 Å². The van der Waals surface area contributed by atoms with Crippen LogP contribution in [-0.2, 0) is 13.0 Å². The second-order valence-electron chi connectivity index (χ2n) is 5.12. The Labute approximate surface area is 125 Å². The first kappa shape index (κ1) is 15.0. The summed E-state index contributed by atoms with van der Waals surface area (Å²) in [7, 11) is 0. The van der Waals surface area contributed by atoms with Crippen molar-refractivity contribution in [3.63, 3.8) is 0 Å². The number of aromatic nitrogens is 1. The third-order valence-electron chi connectivity index (χ3n) is 2.95. The molecule has 20 heavy (non-hydrogen) atoms. The van der Waals surface area contributed by atoms with E-state index in [2.05, 4.69) is 37.1 Å². The van der Waals surface area contributed by atoms with Crippen LogP contribution in [0.3, 0.4) is 0 Å². The van der Waals surface area contributed by atoms with Gasteiger partial charge in [-0.1, -0.05) is 32.0 Å². The molecule has 1 N–H and O–H groups in total. The van der Waals surface area contributed by atoms with Gasteiger partial charge in [0.25, 0.3) is 0 Å². The van der Waals surface area contributed by atoms with Crippen LogP contribution in [0.25, 0.3) is 0 Å². The highest BCUT2D eigenvalue weighted by Crippen LogP contribution is 2.18. The van der Waals surface area contributed by atoms with Gasteiger partial charge in [0.15, 0.2) is 0 Å². The van der Waals surface area contributed by atoms with Crippen LogP contribution in [0.1, 0.15) is 29.3 Å². The van der Waals surface area contributed by atoms with Crippen LogP contribution in [0.4, 0.5) is 0 Å². The second-order valence-corrected chi connectivity index (χ2v) is 6.32. The molecule has 3 nitrogen and oxygen atoms in total.